The van der Waals surface area contributed by atoms with Gasteiger partial charge in [0.05, 0.1) is 12.6 Å². The van der Waals surface area contributed by atoms with Crippen LogP contribution in [0.15, 0.2) is 16.5 Å². The van der Waals surface area contributed by atoms with Gasteiger partial charge in [0.2, 0.25) is 11.8 Å². The third kappa shape index (κ3) is 3.14. The van der Waals surface area contributed by atoms with Crippen molar-refractivity contribution in [1.29, 1.82) is 0 Å². The Hall–Kier alpha value is -2.15. The van der Waals surface area contributed by atoms with Crippen molar-refractivity contribution in [3.8, 4) is 0 Å². The maximum absolute atomic E-state index is 11.9. The summed E-state index contributed by atoms with van der Waals surface area (Å²) in [6.45, 7) is 3.44. The zero-order valence-corrected chi connectivity index (χ0v) is 13.9. The summed E-state index contributed by atoms with van der Waals surface area (Å²) in [6.07, 6.45) is 3.42. The normalized spacial score (nSPS) is 19.0. The van der Waals surface area contributed by atoms with E-state index in [0.29, 0.717) is 24.0 Å². The molecule has 1 amide bonds. The number of hydrogen-bond donors (Lipinski definition) is 1. The minimum atomic E-state index is -0.0614. The maximum atomic E-state index is 11.9. The van der Waals surface area contributed by atoms with E-state index in [9.17, 15) is 4.79 Å². The van der Waals surface area contributed by atoms with Gasteiger partial charge in [0.15, 0.2) is 0 Å². The molecule has 1 aliphatic heterocycles. The van der Waals surface area contributed by atoms with E-state index in [4.69, 9.17) is 4.42 Å². The highest BCUT2D eigenvalue weighted by Crippen LogP contribution is 2.32. The molecule has 1 atom stereocenters. The van der Waals surface area contributed by atoms with E-state index in [1.54, 1.807) is 14.0 Å². The van der Waals surface area contributed by atoms with Crippen molar-refractivity contribution in [2.45, 2.75) is 38.8 Å². The number of carbonyl (C=O) groups excluding carboxylic acids is 1. The van der Waals surface area contributed by atoms with Gasteiger partial charge in [0, 0.05) is 26.7 Å². The van der Waals surface area contributed by atoms with Crippen LogP contribution >= 0.6 is 0 Å². The Bertz CT molecular complexity index is 690. The van der Waals surface area contributed by atoms with Gasteiger partial charge in [0.25, 0.3) is 5.91 Å². The van der Waals surface area contributed by atoms with Gasteiger partial charge in [-0.05, 0) is 31.5 Å². The maximum Gasteiger partial charge on any atom is 0.267 e. The molecule has 7 heteroatoms. The molecule has 0 saturated carbocycles. The van der Waals surface area contributed by atoms with Crippen LogP contribution in [-0.4, -0.2) is 39.2 Å². The van der Waals surface area contributed by atoms with Crippen LogP contribution in [0.5, 0.6) is 0 Å². The molecule has 1 fully saturated rings. The van der Waals surface area contributed by atoms with E-state index >= 15 is 0 Å². The Morgan fingerprint density at radius 1 is 1.39 bits per heavy atom. The molecule has 2 aromatic heterocycles. The fourth-order valence-electron chi connectivity index (χ4n) is 3.31. The topological polar surface area (TPSA) is 76.2 Å². The van der Waals surface area contributed by atoms with Gasteiger partial charge in [-0.2, -0.15) is 0 Å². The van der Waals surface area contributed by atoms with E-state index in [1.807, 2.05) is 23.7 Å². The summed E-state index contributed by atoms with van der Waals surface area (Å²) in [5, 5.41) is 10.7. The molecule has 0 bridgehead atoms. The highest BCUT2D eigenvalue weighted by molar-refractivity contribution is 5.92. The number of piperidine rings is 1. The lowest BCUT2D eigenvalue weighted by atomic mass is 9.99. The molecule has 3 heterocycles. The lowest BCUT2D eigenvalue weighted by molar-refractivity contribution is 0.0951. The van der Waals surface area contributed by atoms with Crippen molar-refractivity contribution in [1.82, 2.24) is 25.0 Å². The Morgan fingerprint density at radius 3 is 2.91 bits per heavy atom. The Kier molecular flexibility index (Phi) is 4.47. The molecule has 0 spiro atoms. The summed E-state index contributed by atoms with van der Waals surface area (Å²) in [4.78, 5) is 14.3. The summed E-state index contributed by atoms with van der Waals surface area (Å²) >= 11 is 0. The first kappa shape index (κ1) is 15.7. The van der Waals surface area contributed by atoms with Crippen molar-refractivity contribution in [2.75, 3.05) is 13.6 Å². The first-order valence-electron chi connectivity index (χ1n) is 8.01. The lowest BCUT2D eigenvalue weighted by Gasteiger charge is -2.35. The second-order valence-electron chi connectivity index (χ2n) is 5.98. The van der Waals surface area contributed by atoms with Crippen LogP contribution in [0.25, 0.3) is 0 Å². The monoisotopic (exact) mass is 317 g/mol. The van der Waals surface area contributed by atoms with Crippen molar-refractivity contribution in [3.05, 3.63) is 35.3 Å². The zero-order valence-electron chi connectivity index (χ0n) is 13.9. The van der Waals surface area contributed by atoms with Crippen molar-refractivity contribution in [3.63, 3.8) is 0 Å². The molecule has 0 radical (unpaired) electrons. The summed E-state index contributed by atoms with van der Waals surface area (Å²) in [5.41, 5.74) is 1.83. The summed E-state index contributed by atoms with van der Waals surface area (Å²) in [6, 6.07) is 4.20. The molecule has 23 heavy (non-hydrogen) atoms. The predicted octanol–water partition coefficient (Wildman–Crippen LogP) is 1.80. The van der Waals surface area contributed by atoms with Crippen LogP contribution < -0.4 is 5.32 Å². The molecule has 1 N–H and O–H groups in total. The van der Waals surface area contributed by atoms with E-state index in [1.165, 1.54) is 6.42 Å². The molecule has 1 unspecified atom stereocenters. The molecule has 124 valence electrons. The number of nitrogens with zero attached hydrogens (tertiary/aromatic N) is 4. The average Bonchev–Trinajstić information content (AvgIpc) is 3.13. The molecule has 3 rings (SSSR count). The number of hydrogen-bond acceptors (Lipinski definition) is 5. The van der Waals surface area contributed by atoms with Crippen molar-refractivity contribution < 1.29 is 9.21 Å². The first-order chi connectivity index (χ1) is 11.1. The quantitative estimate of drug-likeness (QED) is 0.930. The van der Waals surface area contributed by atoms with Crippen LogP contribution in [0.3, 0.4) is 0 Å². The van der Waals surface area contributed by atoms with Crippen molar-refractivity contribution >= 4 is 5.91 Å². The number of likely N-dealkylation sites (tertiary alicyclic amines) is 1. The van der Waals surface area contributed by atoms with Gasteiger partial charge in [-0.1, -0.05) is 6.42 Å². The van der Waals surface area contributed by atoms with Gasteiger partial charge in [-0.3, -0.25) is 9.69 Å². The number of carbonyl (C=O) groups is 1. The first-order valence-corrected chi connectivity index (χ1v) is 8.01. The Labute approximate surface area is 135 Å². The van der Waals surface area contributed by atoms with Gasteiger partial charge >= 0.3 is 0 Å². The molecule has 2 aromatic rings. The van der Waals surface area contributed by atoms with E-state index in [2.05, 4.69) is 20.4 Å². The standard InChI is InChI=1S/C16H23N5O2/c1-11-18-19-15(23-11)10-21-9-5-4-6-13(21)12-7-8-14(20(12)3)16(22)17-2/h7-8,13H,4-6,9-10H2,1-3H3,(H,17,22). The number of nitrogens with one attached hydrogen (secondary N) is 1. The lowest BCUT2D eigenvalue weighted by Crippen LogP contribution is -2.34. The summed E-state index contributed by atoms with van der Waals surface area (Å²) in [7, 11) is 3.60. The van der Waals surface area contributed by atoms with Crippen LogP contribution in [0, 0.1) is 6.92 Å². The molecule has 0 aliphatic carbocycles. The Balaban J connectivity index is 1.84. The van der Waals surface area contributed by atoms with Gasteiger partial charge in [0.1, 0.15) is 5.69 Å². The second-order valence-corrected chi connectivity index (χ2v) is 5.98. The van der Waals surface area contributed by atoms with Crippen molar-refractivity contribution in [2.24, 2.45) is 7.05 Å². The third-order valence-corrected chi connectivity index (χ3v) is 4.48. The van der Waals surface area contributed by atoms with Gasteiger partial charge in [-0.25, -0.2) is 0 Å². The fourth-order valence-corrected chi connectivity index (χ4v) is 3.31. The van der Waals surface area contributed by atoms with Gasteiger partial charge < -0.3 is 14.3 Å². The van der Waals surface area contributed by atoms with Crippen LogP contribution in [0.4, 0.5) is 0 Å². The van der Waals surface area contributed by atoms with Crippen LogP contribution in [-0.2, 0) is 13.6 Å². The zero-order chi connectivity index (χ0) is 16.4. The molecule has 1 saturated heterocycles. The molecular formula is C16H23N5O2. The van der Waals surface area contributed by atoms with E-state index < -0.39 is 0 Å². The minimum absolute atomic E-state index is 0.0614. The smallest absolute Gasteiger partial charge is 0.267 e. The third-order valence-electron chi connectivity index (χ3n) is 4.48. The highest BCUT2D eigenvalue weighted by Gasteiger charge is 2.28. The SMILES string of the molecule is CNC(=O)c1ccc(C2CCCCN2Cc2nnc(C)o2)n1C. The average molecular weight is 317 g/mol. The summed E-state index contributed by atoms with van der Waals surface area (Å²) in [5.74, 6) is 1.18. The second kappa shape index (κ2) is 6.54. The van der Waals surface area contributed by atoms with E-state index in [0.717, 1.165) is 25.1 Å². The Morgan fingerprint density at radius 2 is 2.22 bits per heavy atom. The molecule has 0 aromatic carbocycles. The minimum Gasteiger partial charge on any atom is -0.424 e. The van der Waals surface area contributed by atoms with Crippen LogP contribution in [0.1, 0.15) is 53.3 Å². The van der Waals surface area contributed by atoms with Gasteiger partial charge in [-0.15, -0.1) is 10.2 Å². The largest absolute Gasteiger partial charge is 0.424 e. The van der Waals surface area contributed by atoms with Crippen LogP contribution in [0.2, 0.25) is 0 Å². The highest BCUT2D eigenvalue weighted by atomic mass is 16.4. The molecule has 1 aliphatic rings. The number of amides is 1. The van der Waals surface area contributed by atoms with E-state index in [-0.39, 0.29) is 11.9 Å². The molecule has 7 nitrogen and oxygen atoms in total. The number of rotatable bonds is 4. The fraction of sp³-hybridized carbons (Fsp3) is 0.562. The number of aryl methyl sites for hydroxylation is 1. The molecular weight excluding hydrogens is 294 g/mol. The summed E-state index contributed by atoms with van der Waals surface area (Å²) < 4.78 is 7.51. The predicted molar refractivity (Wildman–Crippen MR) is 84.8 cm³/mol. The number of aromatic nitrogens is 3.